The molecule has 2 aromatic rings. The summed E-state index contributed by atoms with van der Waals surface area (Å²) >= 11 is 2.93. The van der Waals surface area contributed by atoms with Gasteiger partial charge in [0, 0.05) is 0 Å². The maximum absolute atomic E-state index is 12.4. The zero-order valence-electron chi connectivity index (χ0n) is 13.8. The van der Waals surface area contributed by atoms with Crippen LogP contribution in [0.25, 0.3) is 0 Å². The van der Waals surface area contributed by atoms with Gasteiger partial charge in [0.15, 0.2) is 0 Å². The average molecular weight is 477 g/mol. The number of rotatable bonds is 6. The number of halogens is 1. The number of nitrogens with one attached hydrogen (secondary N) is 2. The first-order valence-corrected chi connectivity index (χ1v) is 9.19. The van der Waals surface area contributed by atoms with Crippen LogP contribution >= 0.6 is 33.9 Å². The van der Waals surface area contributed by atoms with Crippen LogP contribution in [0, 0.1) is 10.5 Å². The van der Waals surface area contributed by atoms with Gasteiger partial charge < -0.3 is 14.8 Å². The van der Waals surface area contributed by atoms with Gasteiger partial charge in [-0.3, -0.25) is 9.89 Å². The van der Waals surface area contributed by atoms with Crippen LogP contribution in [-0.4, -0.2) is 41.8 Å². The maximum atomic E-state index is 12.4. The van der Waals surface area contributed by atoms with Crippen molar-refractivity contribution in [3.05, 3.63) is 31.5 Å². The number of thiophene rings is 1. The zero-order chi connectivity index (χ0) is 18.6. The van der Waals surface area contributed by atoms with Crippen LogP contribution in [0.4, 0.5) is 5.00 Å². The minimum atomic E-state index is -0.597. The number of nitrogens with zero attached hydrogens (tertiary/aromatic N) is 1. The van der Waals surface area contributed by atoms with Crippen molar-refractivity contribution in [1.82, 2.24) is 10.2 Å². The van der Waals surface area contributed by atoms with E-state index in [1.54, 1.807) is 6.92 Å². The molecule has 0 aliphatic heterocycles. The van der Waals surface area contributed by atoms with Crippen LogP contribution in [-0.2, 0) is 9.47 Å². The summed E-state index contributed by atoms with van der Waals surface area (Å²) in [7, 11) is 1.25. The van der Waals surface area contributed by atoms with Crippen molar-refractivity contribution in [2.45, 2.75) is 20.3 Å². The first-order chi connectivity index (χ1) is 11.9. The molecule has 0 saturated heterocycles. The summed E-state index contributed by atoms with van der Waals surface area (Å²) in [5.74, 6) is -1.65. The van der Waals surface area contributed by atoms with Crippen molar-refractivity contribution in [2.75, 3.05) is 19.0 Å². The highest BCUT2D eigenvalue weighted by atomic mass is 127. The molecule has 0 radical (unpaired) electrons. The minimum absolute atomic E-state index is 0.154. The molecule has 0 saturated carbocycles. The normalized spacial score (nSPS) is 10.4. The van der Waals surface area contributed by atoms with Crippen molar-refractivity contribution in [3.63, 3.8) is 0 Å². The van der Waals surface area contributed by atoms with Gasteiger partial charge in [-0.15, -0.1) is 11.3 Å². The fraction of sp³-hybridized carbons (Fsp3) is 0.333. The van der Waals surface area contributed by atoms with Crippen LogP contribution < -0.4 is 5.32 Å². The van der Waals surface area contributed by atoms with E-state index < -0.39 is 17.8 Å². The van der Waals surface area contributed by atoms with Gasteiger partial charge in [0.05, 0.1) is 29.0 Å². The third-order valence-electron chi connectivity index (χ3n) is 3.21. The van der Waals surface area contributed by atoms with Crippen molar-refractivity contribution in [3.8, 4) is 0 Å². The predicted octanol–water partition coefficient (Wildman–Crippen LogP) is 2.99. The third-order valence-corrected chi connectivity index (χ3v) is 5.21. The molecule has 0 atom stereocenters. The highest BCUT2D eigenvalue weighted by Gasteiger charge is 2.27. The lowest BCUT2D eigenvalue weighted by atomic mass is 10.1. The molecule has 0 spiro atoms. The molecule has 0 bridgehead atoms. The molecular formula is C15H16IN3O5S. The highest BCUT2D eigenvalue weighted by Crippen LogP contribution is 2.34. The smallest absolute Gasteiger partial charge is 0.348 e. The second-order valence-electron chi connectivity index (χ2n) is 4.93. The lowest BCUT2D eigenvalue weighted by Crippen LogP contribution is -2.16. The fourth-order valence-electron chi connectivity index (χ4n) is 2.00. The number of ether oxygens (including phenoxy) is 2. The first-order valence-electron chi connectivity index (χ1n) is 7.29. The Hall–Kier alpha value is -1.95. The lowest BCUT2D eigenvalue weighted by Gasteiger charge is -2.07. The monoisotopic (exact) mass is 477 g/mol. The highest BCUT2D eigenvalue weighted by molar-refractivity contribution is 14.1. The zero-order valence-corrected chi connectivity index (χ0v) is 16.7. The van der Waals surface area contributed by atoms with E-state index in [4.69, 9.17) is 9.47 Å². The van der Waals surface area contributed by atoms with E-state index in [0.29, 0.717) is 15.6 Å². The molecule has 2 N–H and O–H groups in total. The van der Waals surface area contributed by atoms with Crippen LogP contribution in [0.5, 0.6) is 0 Å². The van der Waals surface area contributed by atoms with Gasteiger partial charge in [0.1, 0.15) is 15.6 Å². The van der Waals surface area contributed by atoms with Gasteiger partial charge in [-0.25, -0.2) is 9.59 Å². The van der Waals surface area contributed by atoms with Gasteiger partial charge >= 0.3 is 11.9 Å². The molecule has 134 valence electrons. The molecule has 10 heteroatoms. The van der Waals surface area contributed by atoms with E-state index in [2.05, 4.69) is 15.5 Å². The summed E-state index contributed by atoms with van der Waals surface area (Å²) < 4.78 is 10.5. The number of aromatic nitrogens is 2. The van der Waals surface area contributed by atoms with Crippen LogP contribution in [0.3, 0.4) is 0 Å². The SMILES string of the molecule is CCCOC(=O)c1c(NC(=O)c2[nH]ncc2I)sc(C(=O)OC)c1C. The number of hydrogen-bond donors (Lipinski definition) is 2. The molecule has 0 aliphatic carbocycles. The summed E-state index contributed by atoms with van der Waals surface area (Å²) in [6, 6.07) is 0. The Kier molecular flexibility index (Phi) is 6.53. The number of amides is 1. The molecule has 8 nitrogen and oxygen atoms in total. The average Bonchev–Trinajstić information content (AvgIpc) is 3.15. The molecular weight excluding hydrogens is 461 g/mol. The number of carbonyl (C=O) groups excluding carboxylic acids is 3. The first kappa shape index (κ1) is 19.4. The summed E-state index contributed by atoms with van der Waals surface area (Å²) in [5.41, 5.74) is 0.827. The van der Waals surface area contributed by atoms with E-state index in [0.717, 1.165) is 11.3 Å². The molecule has 0 unspecified atom stereocenters. The molecule has 0 aromatic carbocycles. The second kappa shape index (κ2) is 8.43. The van der Waals surface area contributed by atoms with Crippen LogP contribution in [0.2, 0.25) is 0 Å². The standard InChI is InChI=1S/C15H16IN3O5S/c1-4-5-24-14(21)9-7(2)11(15(22)23-3)25-13(9)18-12(20)10-8(16)6-17-19-10/h6H,4-5H2,1-3H3,(H,17,19)(H,18,20). The van der Waals surface area contributed by atoms with E-state index in [-0.39, 0.29) is 27.7 Å². The molecule has 0 aliphatic rings. The summed E-state index contributed by atoms with van der Waals surface area (Å²) in [6.07, 6.45) is 2.16. The van der Waals surface area contributed by atoms with Crippen LogP contribution in [0.1, 0.15) is 49.4 Å². The minimum Gasteiger partial charge on any atom is -0.465 e. The van der Waals surface area contributed by atoms with Crippen molar-refractivity contribution in [1.29, 1.82) is 0 Å². The number of methoxy groups -OCH3 is 1. The molecule has 2 heterocycles. The molecule has 0 fully saturated rings. The topological polar surface area (TPSA) is 110 Å². The van der Waals surface area contributed by atoms with Crippen molar-refractivity contribution >= 4 is 56.8 Å². The van der Waals surface area contributed by atoms with Gasteiger partial charge in [-0.05, 0) is 41.5 Å². The number of hydrogen-bond acceptors (Lipinski definition) is 7. The Bertz CT molecular complexity index is 814. The maximum Gasteiger partial charge on any atom is 0.348 e. The molecule has 2 aromatic heterocycles. The van der Waals surface area contributed by atoms with Gasteiger partial charge in [0.25, 0.3) is 5.91 Å². The summed E-state index contributed by atoms with van der Waals surface area (Å²) in [4.78, 5) is 36.9. The molecule has 1 amide bonds. The van der Waals surface area contributed by atoms with Gasteiger partial charge in [0.2, 0.25) is 0 Å². The lowest BCUT2D eigenvalue weighted by molar-refractivity contribution is 0.0506. The number of H-pyrrole nitrogens is 1. The second-order valence-corrected chi connectivity index (χ2v) is 7.12. The predicted molar refractivity (Wildman–Crippen MR) is 100 cm³/mol. The van der Waals surface area contributed by atoms with Gasteiger partial charge in [-0.1, -0.05) is 6.92 Å². The van der Waals surface area contributed by atoms with E-state index in [1.165, 1.54) is 13.3 Å². The Morgan fingerprint density at radius 1 is 1.36 bits per heavy atom. The van der Waals surface area contributed by atoms with E-state index in [9.17, 15) is 14.4 Å². The van der Waals surface area contributed by atoms with E-state index >= 15 is 0 Å². The summed E-state index contributed by atoms with van der Waals surface area (Å²) in [5, 5.41) is 9.26. The third kappa shape index (κ3) is 4.18. The van der Waals surface area contributed by atoms with Crippen LogP contribution in [0.15, 0.2) is 6.20 Å². The number of carbonyl (C=O) groups is 3. The summed E-state index contributed by atoms with van der Waals surface area (Å²) in [6.45, 7) is 3.73. The Labute approximate surface area is 161 Å². The Morgan fingerprint density at radius 2 is 2.08 bits per heavy atom. The largest absolute Gasteiger partial charge is 0.465 e. The number of aromatic amines is 1. The Balaban J connectivity index is 2.41. The van der Waals surface area contributed by atoms with Crippen molar-refractivity contribution in [2.24, 2.45) is 0 Å². The molecule has 25 heavy (non-hydrogen) atoms. The quantitative estimate of drug-likeness (QED) is 0.489. The Morgan fingerprint density at radius 3 is 2.64 bits per heavy atom. The number of anilines is 1. The van der Waals surface area contributed by atoms with Crippen molar-refractivity contribution < 1.29 is 23.9 Å². The fourth-order valence-corrected chi connectivity index (χ4v) is 3.61. The number of esters is 2. The van der Waals surface area contributed by atoms with Gasteiger partial charge in [-0.2, -0.15) is 5.10 Å². The van der Waals surface area contributed by atoms with E-state index in [1.807, 2.05) is 29.5 Å². The molecule has 2 rings (SSSR count).